The van der Waals surface area contributed by atoms with Crippen LogP contribution in [0.25, 0.3) is 0 Å². The number of hydrogen-bond donors (Lipinski definition) is 1. The number of ether oxygens (including phenoxy) is 2. The number of esters is 2. The van der Waals surface area contributed by atoms with Crippen molar-refractivity contribution in [1.29, 1.82) is 0 Å². The highest BCUT2D eigenvalue weighted by molar-refractivity contribution is 6.15. The number of halogens is 2. The second-order valence-corrected chi connectivity index (χ2v) is 4.91. The molecule has 1 aliphatic rings. The molecular formula is C14H12F2O5. The summed E-state index contributed by atoms with van der Waals surface area (Å²) in [7, 11) is 0. The molecule has 7 heteroatoms. The van der Waals surface area contributed by atoms with E-state index in [1.165, 1.54) is 13.8 Å². The lowest BCUT2D eigenvalue weighted by Crippen LogP contribution is -2.42. The second-order valence-electron chi connectivity index (χ2n) is 4.91. The Kier molecular flexibility index (Phi) is 3.67. The molecule has 1 saturated heterocycles. The van der Waals surface area contributed by atoms with Crippen LogP contribution in [-0.4, -0.2) is 22.8 Å². The zero-order valence-electron chi connectivity index (χ0n) is 11.3. The molecular weight excluding hydrogens is 286 g/mol. The van der Waals surface area contributed by atoms with E-state index in [-0.39, 0.29) is 5.56 Å². The fraction of sp³-hybridized carbons (Fsp3) is 0.286. The minimum Gasteiger partial charge on any atom is -0.511 e. The maximum absolute atomic E-state index is 13.5. The van der Waals surface area contributed by atoms with E-state index in [2.05, 4.69) is 0 Å². The number of aliphatic hydroxyl groups is 1. The highest BCUT2D eigenvalue weighted by atomic mass is 19.1. The van der Waals surface area contributed by atoms with Gasteiger partial charge in [-0.2, -0.15) is 0 Å². The third-order valence-corrected chi connectivity index (χ3v) is 2.75. The zero-order valence-corrected chi connectivity index (χ0v) is 11.3. The van der Waals surface area contributed by atoms with Crippen molar-refractivity contribution < 1.29 is 33.0 Å². The average Bonchev–Trinajstić information content (AvgIpc) is 2.30. The molecule has 1 aromatic carbocycles. The van der Waals surface area contributed by atoms with Crippen LogP contribution >= 0.6 is 0 Å². The van der Waals surface area contributed by atoms with E-state index in [0.717, 1.165) is 12.1 Å². The molecule has 0 aromatic heterocycles. The predicted molar refractivity (Wildman–Crippen MR) is 66.0 cm³/mol. The minimum atomic E-state index is -1.43. The van der Waals surface area contributed by atoms with Crippen LogP contribution in [0.4, 0.5) is 8.78 Å². The molecule has 0 spiro atoms. The Balaban J connectivity index is 2.31. The van der Waals surface area contributed by atoms with Crippen molar-refractivity contribution >= 4 is 11.9 Å². The normalized spacial score (nSPS) is 17.2. The van der Waals surface area contributed by atoms with Gasteiger partial charge < -0.3 is 14.6 Å². The molecule has 0 bridgehead atoms. The van der Waals surface area contributed by atoms with Gasteiger partial charge in [0.2, 0.25) is 0 Å². The lowest BCUT2D eigenvalue weighted by atomic mass is 10.1. The highest BCUT2D eigenvalue weighted by Gasteiger charge is 2.41. The summed E-state index contributed by atoms with van der Waals surface area (Å²) in [5, 5.41) is 9.85. The maximum Gasteiger partial charge on any atom is 0.352 e. The van der Waals surface area contributed by atoms with Crippen LogP contribution in [0.3, 0.4) is 0 Å². The van der Waals surface area contributed by atoms with Crippen molar-refractivity contribution in [2.24, 2.45) is 0 Å². The molecule has 0 radical (unpaired) electrons. The molecule has 1 aromatic rings. The van der Waals surface area contributed by atoms with Crippen molar-refractivity contribution in [3.63, 3.8) is 0 Å². The molecule has 0 unspecified atom stereocenters. The summed E-state index contributed by atoms with van der Waals surface area (Å²) < 4.78 is 35.9. The lowest BCUT2D eigenvalue weighted by molar-refractivity contribution is -0.222. The van der Waals surface area contributed by atoms with Gasteiger partial charge in [-0.05, 0) is 11.6 Å². The molecule has 0 atom stereocenters. The van der Waals surface area contributed by atoms with Crippen molar-refractivity contribution in [3.05, 3.63) is 46.7 Å². The largest absolute Gasteiger partial charge is 0.511 e. The summed E-state index contributed by atoms with van der Waals surface area (Å²) in [6.45, 7) is 2.71. The van der Waals surface area contributed by atoms with Gasteiger partial charge in [0.05, 0.1) is 0 Å². The Labute approximate surface area is 118 Å². The number of hydrogen-bond acceptors (Lipinski definition) is 5. The molecule has 1 N–H and O–H groups in total. The van der Waals surface area contributed by atoms with Gasteiger partial charge in [0.25, 0.3) is 5.79 Å². The smallest absolute Gasteiger partial charge is 0.352 e. The van der Waals surface area contributed by atoms with Gasteiger partial charge in [0.15, 0.2) is 5.57 Å². The zero-order chi connectivity index (χ0) is 15.8. The number of aliphatic hydroxyl groups excluding tert-OH is 1. The minimum absolute atomic E-state index is 0.0770. The van der Waals surface area contributed by atoms with Crippen LogP contribution in [-0.2, 0) is 25.5 Å². The van der Waals surface area contributed by atoms with Gasteiger partial charge in [0, 0.05) is 26.3 Å². The Morgan fingerprint density at radius 3 is 2.29 bits per heavy atom. The van der Waals surface area contributed by atoms with Crippen molar-refractivity contribution in [2.75, 3.05) is 0 Å². The maximum atomic E-state index is 13.5. The topological polar surface area (TPSA) is 72.8 Å². The first kappa shape index (κ1) is 15.0. The van der Waals surface area contributed by atoms with Crippen LogP contribution < -0.4 is 0 Å². The van der Waals surface area contributed by atoms with E-state index in [1.54, 1.807) is 0 Å². The number of carbonyl (C=O) groups is 2. The first-order valence-corrected chi connectivity index (χ1v) is 6.02. The van der Waals surface area contributed by atoms with Gasteiger partial charge in [-0.25, -0.2) is 18.4 Å². The average molecular weight is 298 g/mol. The number of allylic oxidation sites excluding steroid dienone is 1. The number of carbonyl (C=O) groups excluding carboxylic acids is 2. The van der Waals surface area contributed by atoms with Crippen molar-refractivity contribution in [3.8, 4) is 0 Å². The van der Waals surface area contributed by atoms with Gasteiger partial charge in [-0.15, -0.1) is 0 Å². The summed E-state index contributed by atoms with van der Waals surface area (Å²) >= 11 is 0. The van der Waals surface area contributed by atoms with Gasteiger partial charge in [0.1, 0.15) is 17.4 Å². The Hall–Kier alpha value is -2.44. The van der Waals surface area contributed by atoms with Gasteiger partial charge in [-0.3, -0.25) is 0 Å². The van der Waals surface area contributed by atoms with E-state index < -0.39 is 47.1 Å². The lowest BCUT2D eigenvalue weighted by Gasteiger charge is -2.30. The fourth-order valence-electron chi connectivity index (χ4n) is 1.82. The van der Waals surface area contributed by atoms with Gasteiger partial charge >= 0.3 is 11.9 Å². The Bertz CT molecular complexity index is 627. The molecule has 0 saturated carbocycles. The summed E-state index contributed by atoms with van der Waals surface area (Å²) in [6.07, 6.45) is -0.466. The Morgan fingerprint density at radius 2 is 1.76 bits per heavy atom. The molecule has 112 valence electrons. The van der Waals surface area contributed by atoms with Crippen LogP contribution in [0.1, 0.15) is 19.4 Å². The van der Waals surface area contributed by atoms with Crippen molar-refractivity contribution in [2.45, 2.75) is 26.1 Å². The molecule has 0 aliphatic carbocycles. The molecule has 2 rings (SSSR count). The standard InChI is InChI=1S/C14H12F2O5/c1-14(2)20-12(18)11(13(19)21-14)10(17)5-7-3-4-8(15)6-9(7)16/h3-4,6,17H,5H2,1-2H3. The predicted octanol–water partition coefficient (Wildman–Crippen LogP) is 2.16. The summed E-state index contributed by atoms with van der Waals surface area (Å²) in [4.78, 5) is 23.4. The van der Waals surface area contributed by atoms with Crippen LogP contribution in [0, 0.1) is 11.6 Å². The third kappa shape index (κ3) is 3.18. The van der Waals surface area contributed by atoms with E-state index in [9.17, 15) is 23.5 Å². The fourth-order valence-corrected chi connectivity index (χ4v) is 1.82. The third-order valence-electron chi connectivity index (χ3n) is 2.75. The van der Waals surface area contributed by atoms with E-state index in [4.69, 9.17) is 9.47 Å². The monoisotopic (exact) mass is 298 g/mol. The summed E-state index contributed by atoms with van der Waals surface area (Å²) in [6, 6.07) is 2.73. The highest BCUT2D eigenvalue weighted by Crippen LogP contribution is 2.25. The van der Waals surface area contributed by atoms with Crippen LogP contribution in [0.2, 0.25) is 0 Å². The molecule has 1 fully saturated rings. The van der Waals surface area contributed by atoms with Crippen LogP contribution in [0.15, 0.2) is 29.5 Å². The first-order valence-electron chi connectivity index (χ1n) is 6.02. The number of benzene rings is 1. The molecule has 5 nitrogen and oxygen atoms in total. The van der Waals surface area contributed by atoms with Crippen molar-refractivity contribution in [1.82, 2.24) is 0 Å². The second kappa shape index (κ2) is 5.16. The van der Waals surface area contributed by atoms with E-state index >= 15 is 0 Å². The Morgan fingerprint density at radius 1 is 1.19 bits per heavy atom. The first-order chi connectivity index (χ1) is 9.69. The quantitative estimate of drug-likeness (QED) is 0.392. The van der Waals surface area contributed by atoms with Gasteiger partial charge in [-0.1, -0.05) is 6.07 Å². The van der Waals surface area contributed by atoms with Crippen LogP contribution in [0.5, 0.6) is 0 Å². The molecule has 21 heavy (non-hydrogen) atoms. The summed E-state index contributed by atoms with van der Waals surface area (Å²) in [5.41, 5.74) is -0.773. The number of cyclic esters (lactones) is 2. The SMILES string of the molecule is CC1(C)OC(=O)C(=C(O)Cc2ccc(F)cc2F)C(=O)O1. The van der Waals surface area contributed by atoms with E-state index in [0.29, 0.717) is 6.07 Å². The molecule has 1 heterocycles. The van der Waals surface area contributed by atoms with E-state index in [1.807, 2.05) is 0 Å². The molecule has 1 aliphatic heterocycles. The summed E-state index contributed by atoms with van der Waals surface area (Å²) in [5.74, 6) is -5.93. The molecule has 0 amide bonds. The number of rotatable bonds is 2.